The highest BCUT2D eigenvalue weighted by molar-refractivity contribution is 7.07. The number of carboxylic acid groups (broad SMARTS) is 1. The fourth-order valence-corrected chi connectivity index (χ4v) is 2.57. The van der Waals surface area contributed by atoms with Crippen LogP contribution in [0.5, 0.6) is 0 Å². The van der Waals surface area contributed by atoms with E-state index in [-0.39, 0.29) is 17.4 Å². The van der Waals surface area contributed by atoms with Crippen molar-refractivity contribution in [3.05, 3.63) is 39.8 Å². The lowest BCUT2D eigenvalue weighted by Gasteiger charge is -2.13. The van der Waals surface area contributed by atoms with Crippen LogP contribution < -0.4 is 10.6 Å². The van der Waals surface area contributed by atoms with Crippen molar-refractivity contribution in [3.63, 3.8) is 0 Å². The summed E-state index contributed by atoms with van der Waals surface area (Å²) < 4.78 is 0. The Morgan fingerprint density at radius 1 is 1.45 bits per heavy atom. The Labute approximate surface area is 119 Å². The number of aryl methyl sites for hydroxylation is 1. The van der Waals surface area contributed by atoms with Crippen LogP contribution in [0.1, 0.15) is 34.7 Å². The van der Waals surface area contributed by atoms with Gasteiger partial charge in [-0.15, -0.1) is 0 Å². The van der Waals surface area contributed by atoms with Gasteiger partial charge in [-0.3, -0.25) is 0 Å². The van der Waals surface area contributed by atoms with Gasteiger partial charge in [-0.25, -0.2) is 9.59 Å². The number of anilines is 1. The van der Waals surface area contributed by atoms with Crippen LogP contribution in [-0.4, -0.2) is 22.1 Å². The molecule has 2 rings (SSSR count). The Morgan fingerprint density at radius 2 is 2.20 bits per heavy atom. The summed E-state index contributed by atoms with van der Waals surface area (Å²) in [7, 11) is 0. The first-order chi connectivity index (χ1) is 9.47. The molecule has 0 bridgehead atoms. The van der Waals surface area contributed by atoms with Gasteiger partial charge in [-0.2, -0.15) is 11.3 Å². The van der Waals surface area contributed by atoms with Gasteiger partial charge in [0.05, 0.1) is 11.7 Å². The van der Waals surface area contributed by atoms with E-state index in [1.165, 1.54) is 0 Å². The van der Waals surface area contributed by atoms with E-state index in [4.69, 9.17) is 5.11 Å². The van der Waals surface area contributed by atoms with Crippen molar-refractivity contribution in [2.75, 3.05) is 5.32 Å². The fourth-order valence-electron chi connectivity index (χ4n) is 1.82. The number of hydrogen-bond donors (Lipinski definition) is 4. The maximum absolute atomic E-state index is 11.9. The highest BCUT2D eigenvalue weighted by Gasteiger charge is 2.16. The van der Waals surface area contributed by atoms with Gasteiger partial charge < -0.3 is 20.7 Å². The molecule has 106 valence electrons. The monoisotopic (exact) mass is 293 g/mol. The average molecular weight is 293 g/mol. The average Bonchev–Trinajstić information content (AvgIpc) is 2.98. The molecule has 1 unspecified atom stereocenters. The van der Waals surface area contributed by atoms with Gasteiger partial charge in [0.2, 0.25) is 0 Å². The molecule has 7 heteroatoms. The molecule has 0 spiro atoms. The van der Waals surface area contributed by atoms with E-state index in [1.54, 1.807) is 24.3 Å². The standard InChI is InChI=1S/C13H15N3O3S/c1-7-5-10(11(14-7)12(17)18)16-13(19)15-8(2)9-3-4-20-6-9/h3-6,8,14H,1-2H3,(H,17,18)(H2,15,16,19). The van der Waals surface area contributed by atoms with E-state index in [0.717, 1.165) is 5.56 Å². The van der Waals surface area contributed by atoms with Crippen LogP contribution in [0.3, 0.4) is 0 Å². The summed E-state index contributed by atoms with van der Waals surface area (Å²) in [5, 5.41) is 18.2. The number of H-pyrrole nitrogens is 1. The summed E-state index contributed by atoms with van der Waals surface area (Å²) in [6.45, 7) is 3.59. The maximum Gasteiger partial charge on any atom is 0.354 e. The molecule has 1 atom stereocenters. The van der Waals surface area contributed by atoms with Crippen molar-refractivity contribution in [1.29, 1.82) is 0 Å². The number of hydrogen-bond acceptors (Lipinski definition) is 3. The number of urea groups is 1. The first kappa shape index (κ1) is 14.1. The highest BCUT2D eigenvalue weighted by atomic mass is 32.1. The van der Waals surface area contributed by atoms with E-state index in [9.17, 15) is 9.59 Å². The molecular formula is C13H15N3O3S. The third-order valence-electron chi connectivity index (χ3n) is 2.81. The van der Waals surface area contributed by atoms with Gasteiger partial charge >= 0.3 is 12.0 Å². The number of aromatic nitrogens is 1. The Balaban J connectivity index is 2.03. The summed E-state index contributed by atoms with van der Waals surface area (Å²) in [4.78, 5) is 25.6. The quantitative estimate of drug-likeness (QED) is 0.698. The molecule has 20 heavy (non-hydrogen) atoms. The molecule has 6 nitrogen and oxygen atoms in total. The number of nitrogens with one attached hydrogen (secondary N) is 3. The van der Waals surface area contributed by atoms with Gasteiger partial charge in [0.1, 0.15) is 5.69 Å². The van der Waals surface area contributed by atoms with E-state index >= 15 is 0 Å². The van der Waals surface area contributed by atoms with Gasteiger partial charge in [0, 0.05) is 5.69 Å². The van der Waals surface area contributed by atoms with Crippen LogP contribution >= 0.6 is 11.3 Å². The van der Waals surface area contributed by atoms with Crippen molar-refractivity contribution >= 4 is 29.0 Å². The lowest BCUT2D eigenvalue weighted by atomic mass is 10.2. The van der Waals surface area contributed by atoms with Crippen molar-refractivity contribution < 1.29 is 14.7 Å². The Hall–Kier alpha value is -2.28. The minimum Gasteiger partial charge on any atom is -0.477 e. The highest BCUT2D eigenvalue weighted by Crippen LogP contribution is 2.18. The molecule has 2 aromatic rings. The number of aromatic amines is 1. The molecule has 4 N–H and O–H groups in total. The van der Waals surface area contributed by atoms with Crippen LogP contribution in [0.2, 0.25) is 0 Å². The van der Waals surface area contributed by atoms with Gasteiger partial charge in [-0.05, 0) is 42.3 Å². The number of carbonyl (C=O) groups is 2. The zero-order valence-corrected chi connectivity index (χ0v) is 11.9. The van der Waals surface area contributed by atoms with Gasteiger partial charge in [-0.1, -0.05) is 0 Å². The second-order valence-electron chi connectivity index (χ2n) is 4.42. The lowest BCUT2D eigenvalue weighted by Crippen LogP contribution is -2.31. The largest absolute Gasteiger partial charge is 0.477 e. The molecule has 0 fully saturated rings. The Kier molecular flexibility index (Phi) is 4.09. The van der Waals surface area contributed by atoms with Crippen LogP contribution in [0.4, 0.5) is 10.5 Å². The number of amides is 2. The first-order valence-electron chi connectivity index (χ1n) is 6.00. The molecule has 0 aliphatic heterocycles. The van der Waals surface area contributed by atoms with Gasteiger partial charge in [0.25, 0.3) is 0 Å². The van der Waals surface area contributed by atoms with E-state index in [2.05, 4.69) is 15.6 Å². The lowest BCUT2D eigenvalue weighted by molar-refractivity contribution is 0.0692. The maximum atomic E-state index is 11.9. The van der Waals surface area contributed by atoms with Crippen molar-refractivity contribution in [2.24, 2.45) is 0 Å². The van der Waals surface area contributed by atoms with Crippen LogP contribution in [-0.2, 0) is 0 Å². The fraction of sp³-hybridized carbons (Fsp3) is 0.231. The first-order valence-corrected chi connectivity index (χ1v) is 6.94. The third kappa shape index (κ3) is 3.18. The summed E-state index contributed by atoms with van der Waals surface area (Å²) in [6, 6.07) is 2.93. The number of rotatable bonds is 4. The van der Waals surface area contributed by atoms with E-state index < -0.39 is 12.0 Å². The molecule has 0 saturated carbocycles. The summed E-state index contributed by atoms with van der Waals surface area (Å²) in [5.74, 6) is -1.11. The molecule has 0 aliphatic rings. The molecule has 2 amide bonds. The Morgan fingerprint density at radius 3 is 2.80 bits per heavy atom. The summed E-state index contributed by atoms with van der Waals surface area (Å²) >= 11 is 1.55. The zero-order chi connectivity index (χ0) is 14.7. The van der Waals surface area contributed by atoms with Crippen molar-refractivity contribution in [3.8, 4) is 0 Å². The van der Waals surface area contributed by atoms with Crippen molar-refractivity contribution in [2.45, 2.75) is 19.9 Å². The van der Waals surface area contributed by atoms with Crippen LogP contribution in [0.25, 0.3) is 0 Å². The smallest absolute Gasteiger partial charge is 0.354 e. The van der Waals surface area contributed by atoms with Crippen LogP contribution in [0, 0.1) is 6.92 Å². The molecule has 2 heterocycles. The summed E-state index contributed by atoms with van der Waals surface area (Å²) in [5.41, 5.74) is 1.91. The number of thiophene rings is 1. The minimum atomic E-state index is -1.11. The van der Waals surface area contributed by atoms with E-state index in [0.29, 0.717) is 5.69 Å². The number of carboxylic acids is 1. The van der Waals surface area contributed by atoms with Gasteiger partial charge in [0.15, 0.2) is 0 Å². The normalized spacial score (nSPS) is 11.9. The Bertz CT molecular complexity index is 619. The second kappa shape index (κ2) is 5.79. The minimum absolute atomic E-state index is 0.0270. The molecule has 2 aromatic heterocycles. The number of aromatic carboxylic acids is 1. The predicted molar refractivity (Wildman–Crippen MR) is 77.4 cm³/mol. The predicted octanol–water partition coefficient (Wildman–Crippen LogP) is 2.97. The SMILES string of the molecule is Cc1cc(NC(=O)NC(C)c2ccsc2)c(C(=O)O)[nH]1. The van der Waals surface area contributed by atoms with Crippen molar-refractivity contribution in [1.82, 2.24) is 10.3 Å². The summed E-state index contributed by atoms with van der Waals surface area (Å²) in [6.07, 6.45) is 0. The topological polar surface area (TPSA) is 94.2 Å². The van der Waals surface area contributed by atoms with Crippen LogP contribution in [0.15, 0.2) is 22.9 Å². The third-order valence-corrected chi connectivity index (χ3v) is 3.51. The molecule has 0 saturated heterocycles. The zero-order valence-electron chi connectivity index (χ0n) is 11.1. The molecule has 0 aliphatic carbocycles. The number of carbonyl (C=O) groups excluding carboxylic acids is 1. The molecular weight excluding hydrogens is 278 g/mol. The molecule has 0 radical (unpaired) electrons. The second-order valence-corrected chi connectivity index (χ2v) is 5.20. The molecule has 0 aromatic carbocycles. The van der Waals surface area contributed by atoms with E-state index in [1.807, 2.05) is 23.8 Å².